The van der Waals surface area contributed by atoms with Crippen molar-refractivity contribution in [2.75, 3.05) is 13.1 Å². The number of nitrogens with one attached hydrogen (secondary N) is 1. The number of nitrogens with zero attached hydrogens (tertiary/aromatic N) is 1. The number of H-pyrrole nitrogens is 1. The smallest absolute Gasteiger partial charge is 0.267 e. The predicted octanol–water partition coefficient (Wildman–Crippen LogP) is 1.15. The van der Waals surface area contributed by atoms with Crippen molar-refractivity contribution in [3.8, 4) is 0 Å². The Kier molecular flexibility index (Phi) is 4.57. The first-order valence-corrected chi connectivity index (χ1v) is 7.99. The van der Waals surface area contributed by atoms with Crippen molar-refractivity contribution in [3.05, 3.63) is 46.4 Å². The molecule has 134 valence electrons. The Morgan fingerprint density at radius 2 is 2.04 bits per heavy atom. The number of hydrogen-bond acceptors (Lipinski definition) is 4. The van der Waals surface area contributed by atoms with Crippen molar-refractivity contribution < 1.29 is 18.7 Å². The number of carbonyl (C=O) groups is 1. The van der Waals surface area contributed by atoms with E-state index in [-0.39, 0.29) is 24.9 Å². The fourth-order valence-corrected chi connectivity index (χ4v) is 3.13. The second-order valence-electron chi connectivity index (χ2n) is 6.34. The van der Waals surface area contributed by atoms with E-state index in [2.05, 4.69) is 4.98 Å². The quantitative estimate of drug-likeness (QED) is 0.769. The van der Waals surface area contributed by atoms with E-state index in [1.165, 1.54) is 6.20 Å². The van der Waals surface area contributed by atoms with Crippen LogP contribution in [-0.2, 0) is 4.79 Å². The van der Waals surface area contributed by atoms with Gasteiger partial charge in [-0.1, -0.05) is 18.2 Å². The Morgan fingerprint density at radius 3 is 2.68 bits per heavy atom. The highest BCUT2D eigenvalue weighted by Crippen LogP contribution is 2.28. The van der Waals surface area contributed by atoms with Crippen molar-refractivity contribution >= 4 is 16.7 Å². The highest BCUT2D eigenvalue weighted by Gasteiger charge is 2.41. The van der Waals surface area contributed by atoms with E-state index >= 15 is 0 Å². The third-order valence-electron chi connectivity index (χ3n) is 4.48. The van der Waals surface area contributed by atoms with Gasteiger partial charge < -0.3 is 20.7 Å². The van der Waals surface area contributed by atoms with Crippen LogP contribution in [0.4, 0.5) is 8.78 Å². The number of rotatable bonds is 4. The van der Waals surface area contributed by atoms with Crippen molar-refractivity contribution in [1.29, 1.82) is 0 Å². The lowest BCUT2D eigenvalue weighted by atomic mass is 9.98. The van der Waals surface area contributed by atoms with Gasteiger partial charge in [0.05, 0.1) is 18.7 Å². The van der Waals surface area contributed by atoms with Gasteiger partial charge in [-0.15, -0.1) is 0 Å². The van der Waals surface area contributed by atoms with Gasteiger partial charge in [-0.05, 0) is 11.5 Å². The maximum absolute atomic E-state index is 13.2. The largest absolute Gasteiger partial charge is 0.388 e. The van der Waals surface area contributed by atoms with Crippen LogP contribution in [-0.4, -0.2) is 46.0 Å². The molecule has 3 rings (SSSR count). The summed E-state index contributed by atoms with van der Waals surface area (Å²) in [5, 5.41) is 11.4. The molecule has 8 heteroatoms. The number of pyridine rings is 1. The van der Waals surface area contributed by atoms with Crippen LogP contribution >= 0.6 is 0 Å². The van der Waals surface area contributed by atoms with Crippen LogP contribution in [0.15, 0.2) is 35.3 Å². The van der Waals surface area contributed by atoms with E-state index in [9.17, 15) is 23.5 Å². The van der Waals surface area contributed by atoms with Gasteiger partial charge in [0.15, 0.2) is 0 Å². The van der Waals surface area contributed by atoms with Gasteiger partial charge in [0.25, 0.3) is 11.5 Å². The summed E-state index contributed by atoms with van der Waals surface area (Å²) < 4.78 is 26.5. The lowest BCUT2D eigenvalue weighted by Crippen LogP contribution is -2.44. The van der Waals surface area contributed by atoms with Gasteiger partial charge in [0.2, 0.25) is 5.91 Å². The minimum absolute atomic E-state index is 0.0444. The SMILES string of the molecule is NC(CC(O)c1c[nH]c(=O)c2ccccc12)C(=O)N1CCC(F)(F)C1. The Morgan fingerprint density at radius 1 is 1.36 bits per heavy atom. The average Bonchev–Trinajstić information content (AvgIpc) is 2.94. The van der Waals surface area contributed by atoms with Gasteiger partial charge in [0.1, 0.15) is 0 Å². The molecule has 1 aliphatic heterocycles. The summed E-state index contributed by atoms with van der Waals surface area (Å²) in [5.41, 5.74) is 5.98. The molecule has 1 saturated heterocycles. The number of fused-ring (bicyclic) bond motifs is 1. The van der Waals surface area contributed by atoms with Crippen molar-refractivity contribution in [3.63, 3.8) is 0 Å². The highest BCUT2D eigenvalue weighted by molar-refractivity contribution is 5.85. The van der Waals surface area contributed by atoms with Gasteiger partial charge in [0, 0.05) is 36.5 Å². The molecule has 1 amide bonds. The zero-order valence-corrected chi connectivity index (χ0v) is 13.4. The number of nitrogens with two attached hydrogens (primary N) is 1. The molecule has 4 N–H and O–H groups in total. The predicted molar refractivity (Wildman–Crippen MR) is 88.3 cm³/mol. The van der Waals surface area contributed by atoms with E-state index in [4.69, 9.17) is 5.73 Å². The number of hydrogen-bond donors (Lipinski definition) is 3. The van der Waals surface area contributed by atoms with E-state index in [1.807, 2.05) is 0 Å². The fraction of sp³-hybridized carbons (Fsp3) is 0.412. The number of alkyl halides is 2. The molecule has 0 bridgehead atoms. The minimum atomic E-state index is -2.89. The second-order valence-corrected chi connectivity index (χ2v) is 6.34. The summed E-state index contributed by atoms with van der Waals surface area (Å²) in [5.74, 6) is -3.49. The molecule has 1 fully saturated rings. The van der Waals surface area contributed by atoms with Gasteiger partial charge >= 0.3 is 0 Å². The first-order valence-electron chi connectivity index (χ1n) is 7.99. The van der Waals surface area contributed by atoms with E-state index in [1.54, 1.807) is 24.3 Å². The van der Waals surface area contributed by atoms with Crippen LogP contribution in [0, 0.1) is 0 Å². The number of aliphatic hydroxyl groups is 1. The zero-order valence-electron chi connectivity index (χ0n) is 13.4. The lowest BCUT2D eigenvalue weighted by molar-refractivity contribution is -0.133. The number of aliphatic hydroxyl groups excluding tert-OH is 1. The molecule has 0 spiro atoms. The molecule has 25 heavy (non-hydrogen) atoms. The van der Waals surface area contributed by atoms with Crippen LogP contribution in [0.3, 0.4) is 0 Å². The third kappa shape index (κ3) is 3.54. The summed E-state index contributed by atoms with van der Waals surface area (Å²) in [4.78, 5) is 27.6. The molecule has 1 aliphatic rings. The standard InChI is InChI=1S/C17H19F2N3O3/c18-17(19)5-6-22(9-17)16(25)13(20)7-14(23)12-8-21-15(24)11-4-2-1-3-10(11)12/h1-4,8,13-14,23H,5-7,9,20H2,(H,21,24). The summed E-state index contributed by atoms with van der Waals surface area (Å²) >= 11 is 0. The van der Waals surface area contributed by atoms with E-state index in [0.29, 0.717) is 16.3 Å². The first kappa shape index (κ1) is 17.5. The molecule has 1 aromatic carbocycles. The van der Waals surface area contributed by atoms with Crippen LogP contribution < -0.4 is 11.3 Å². The van der Waals surface area contributed by atoms with E-state index in [0.717, 1.165) is 4.90 Å². The van der Waals surface area contributed by atoms with Crippen LogP contribution in [0.5, 0.6) is 0 Å². The van der Waals surface area contributed by atoms with Crippen LogP contribution in [0.25, 0.3) is 10.8 Å². The number of aromatic nitrogens is 1. The maximum Gasteiger partial charge on any atom is 0.267 e. The third-order valence-corrected chi connectivity index (χ3v) is 4.48. The number of aromatic amines is 1. The topological polar surface area (TPSA) is 99.4 Å². The Labute approximate surface area is 142 Å². The molecular formula is C17H19F2N3O3. The number of carbonyl (C=O) groups excluding carboxylic acids is 1. The van der Waals surface area contributed by atoms with Crippen molar-refractivity contribution in [2.45, 2.75) is 30.9 Å². The molecule has 2 atom stereocenters. The molecule has 2 heterocycles. The molecule has 2 aromatic rings. The molecule has 1 aromatic heterocycles. The first-order chi connectivity index (χ1) is 11.8. The average molecular weight is 351 g/mol. The Balaban J connectivity index is 1.76. The number of benzene rings is 1. The van der Waals surface area contributed by atoms with Gasteiger partial charge in [-0.2, -0.15) is 0 Å². The summed E-state index contributed by atoms with van der Waals surface area (Å²) in [6.07, 6.45) is -0.227. The van der Waals surface area contributed by atoms with Crippen LogP contribution in [0.2, 0.25) is 0 Å². The minimum Gasteiger partial charge on any atom is -0.388 e. The number of likely N-dealkylation sites (tertiary alicyclic amines) is 1. The molecule has 0 aliphatic carbocycles. The van der Waals surface area contributed by atoms with E-state index < -0.39 is 30.5 Å². The second kappa shape index (κ2) is 6.53. The number of halogens is 2. The zero-order chi connectivity index (χ0) is 18.2. The summed E-state index contributed by atoms with van der Waals surface area (Å²) in [6, 6.07) is 5.65. The molecule has 0 radical (unpaired) electrons. The molecule has 2 unspecified atom stereocenters. The van der Waals surface area contributed by atoms with Crippen LogP contribution in [0.1, 0.15) is 24.5 Å². The normalized spacial score (nSPS) is 19.1. The molecule has 6 nitrogen and oxygen atoms in total. The van der Waals surface area contributed by atoms with Gasteiger partial charge in [-0.3, -0.25) is 9.59 Å². The summed E-state index contributed by atoms with van der Waals surface area (Å²) in [7, 11) is 0. The Bertz CT molecular complexity index is 852. The number of amides is 1. The molecule has 0 saturated carbocycles. The molecular weight excluding hydrogens is 332 g/mol. The van der Waals surface area contributed by atoms with Crippen molar-refractivity contribution in [2.24, 2.45) is 5.73 Å². The highest BCUT2D eigenvalue weighted by atomic mass is 19.3. The fourth-order valence-electron chi connectivity index (χ4n) is 3.13. The van der Waals surface area contributed by atoms with Gasteiger partial charge in [-0.25, -0.2) is 8.78 Å². The monoisotopic (exact) mass is 351 g/mol. The Hall–Kier alpha value is -2.32. The maximum atomic E-state index is 13.2. The summed E-state index contributed by atoms with van der Waals surface area (Å²) in [6.45, 7) is -0.686. The van der Waals surface area contributed by atoms with Crippen molar-refractivity contribution in [1.82, 2.24) is 9.88 Å². The lowest BCUT2D eigenvalue weighted by Gasteiger charge is -2.22.